The van der Waals surface area contributed by atoms with Crippen molar-refractivity contribution >= 4 is 44.4 Å². The minimum absolute atomic E-state index is 0.541. The van der Waals surface area contributed by atoms with Gasteiger partial charge in [0.25, 0.3) is 0 Å². The smallest absolute Gasteiger partial charge is 0.0407 e. The molecule has 0 saturated heterocycles. The second-order valence-electron chi connectivity index (χ2n) is 3.25. The summed E-state index contributed by atoms with van der Waals surface area (Å²) in [4.78, 5) is 0. The first kappa shape index (κ1) is 10.7. The average Bonchev–Trinajstić information content (AvgIpc) is 2.29. The van der Waals surface area contributed by atoms with Gasteiger partial charge in [0.2, 0.25) is 0 Å². The monoisotopic (exact) mass is 280 g/mol. The van der Waals surface area contributed by atoms with Crippen LogP contribution < -0.4 is 0 Å². The Morgan fingerprint density at radius 2 is 1.93 bits per heavy atom. The third-order valence-electron chi connectivity index (χ3n) is 2.28. The Morgan fingerprint density at radius 3 is 2.73 bits per heavy atom. The number of hydrogen-bond donors (Lipinski definition) is 0. The second kappa shape index (κ2) is 4.82. The molecule has 15 heavy (non-hydrogen) atoms. The summed E-state index contributed by atoms with van der Waals surface area (Å²) in [6, 6.07) is 12.5. The number of halogens is 2. The largest absolute Gasteiger partial charge is 0.122 e. The van der Waals surface area contributed by atoms with Crippen LogP contribution in [0.4, 0.5) is 0 Å². The lowest BCUT2D eigenvalue weighted by atomic mass is 10.1. The molecule has 2 aromatic carbocycles. The lowest BCUT2D eigenvalue weighted by molar-refractivity contribution is 1.64. The summed E-state index contributed by atoms with van der Waals surface area (Å²) in [5.74, 6) is 0.541. The van der Waals surface area contributed by atoms with Crippen molar-refractivity contribution in [3.05, 3.63) is 52.5 Å². The van der Waals surface area contributed by atoms with Gasteiger partial charge in [-0.05, 0) is 32.3 Å². The van der Waals surface area contributed by atoms with E-state index in [2.05, 4.69) is 40.2 Å². The van der Waals surface area contributed by atoms with Crippen LogP contribution in [0, 0.1) is 0 Å². The number of allylic oxidation sites excluding steroid dienone is 1. The van der Waals surface area contributed by atoms with Crippen LogP contribution >= 0.6 is 27.5 Å². The molecule has 0 aromatic heterocycles. The van der Waals surface area contributed by atoms with Crippen molar-refractivity contribution in [1.82, 2.24) is 0 Å². The van der Waals surface area contributed by atoms with Crippen LogP contribution in [0.15, 0.2) is 46.9 Å². The van der Waals surface area contributed by atoms with Gasteiger partial charge in [0, 0.05) is 10.4 Å². The molecule has 0 nitrogen and oxygen atoms in total. The van der Waals surface area contributed by atoms with Crippen LogP contribution in [0.2, 0.25) is 0 Å². The molecule has 0 aliphatic heterocycles. The highest BCUT2D eigenvalue weighted by atomic mass is 79.9. The molecule has 0 saturated carbocycles. The van der Waals surface area contributed by atoms with Gasteiger partial charge >= 0.3 is 0 Å². The molecule has 0 fully saturated rings. The molecular formula is C13H10BrCl. The zero-order valence-corrected chi connectivity index (χ0v) is 10.4. The van der Waals surface area contributed by atoms with E-state index in [0.717, 1.165) is 10.0 Å². The van der Waals surface area contributed by atoms with Gasteiger partial charge in [-0.2, -0.15) is 0 Å². The molecule has 0 spiro atoms. The fourth-order valence-corrected chi connectivity index (χ4v) is 2.27. The second-order valence-corrected chi connectivity index (χ2v) is 4.35. The summed E-state index contributed by atoms with van der Waals surface area (Å²) in [7, 11) is 0. The van der Waals surface area contributed by atoms with Crippen molar-refractivity contribution in [1.29, 1.82) is 0 Å². The van der Waals surface area contributed by atoms with E-state index >= 15 is 0 Å². The first-order valence-corrected chi connectivity index (χ1v) is 6.05. The fourth-order valence-electron chi connectivity index (χ4n) is 1.55. The number of fused-ring (bicyclic) bond motifs is 1. The predicted octanol–water partition coefficient (Wildman–Crippen LogP) is 4.85. The topological polar surface area (TPSA) is 0 Å². The van der Waals surface area contributed by atoms with E-state index in [-0.39, 0.29) is 0 Å². The number of rotatable bonds is 2. The molecule has 0 heterocycles. The molecular weight excluding hydrogens is 271 g/mol. The van der Waals surface area contributed by atoms with Crippen molar-refractivity contribution in [3.8, 4) is 0 Å². The van der Waals surface area contributed by atoms with Gasteiger partial charge in [0.15, 0.2) is 0 Å². The number of hydrogen-bond acceptors (Lipinski definition) is 0. The highest BCUT2D eigenvalue weighted by Gasteiger charge is 2.01. The average molecular weight is 282 g/mol. The van der Waals surface area contributed by atoms with Gasteiger partial charge in [-0.15, -0.1) is 11.6 Å². The normalized spacial score (nSPS) is 11.3. The number of alkyl halides is 1. The van der Waals surface area contributed by atoms with Gasteiger partial charge in [-0.3, -0.25) is 0 Å². The lowest BCUT2D eigenvalue weighted by Crippen LogP contribution is -1.79. The Labute approximate surface area is 103 Å². The van der Waals surface area contributed by atoms with Crippen LogP contribution in [0.5, 0.6) is 0 Å². The maximum Gasteiger partial charge on any atom is 0.0407 e. The van der Waals surface area contributed by atoms with Gasteiger partial charge in [-0.1, -0.05) is 48.6 Å². The van der Waals surface area contributed by atoms with Crippen LogP contribution in [-0.4, -0.2) is 5.88 Å². The summed E-state index contributed by atoms with van der Waals surface area (Å²) in [5.41, 5.74) is 1.16. The fraction of sp³-hybridized carbons (Fsp3) is 0.0769. The van der Waals surface area contributed by atoms with Crippen LogP contribution in [0.3, 0.4) is 0 Å². The SMILES string of the molecule is ClC/C=C/c1ccc2ccccc2c1Br. The maximum atomic E-state index is 5.62. The Bertz CT molecular complexity index is 503. The Kier molecular flexibility index (Phi) is 3.45. The lowest BCUT2D eigenvalue weighted by Gasteiger charge is -2.03. The third kappa shape index (κ3) is 2.24. The molecule has 76 valence electrons. The van der Waals surface area contributed by atoms with Gasteiger partial charge in [0.1, 0.15) is 0 Å². The summed E-state index contributed by atoms with van der Waals surface area (Å²) >= 11 is 9.24. The van der Waals surface area contributed by atoms with Gasteiger partial charge in [-0.25, -0.2) is 0 Å². The molecule has 0 aliphatic rings. The van der Waals surface area contributed by atoms with E-state index in [1.54, 1.807) is 0 Å². The zero-order chi connectivity index (χ0) is 10.7. The Balaban J connectivity index is 2.60. The molecule has 2 aromatic rings. The quantitative estimate of drug-likeness (QED) is 0.690. The van der Waals surface area contributed by atoms with Crippen molar-refractivity contribution in [2.75, 3.05) is 5.88 Å². The predicted molar refractivity (Wildman–Crippen MR) is 71.4 cm³/mol. The summed E-state index contributed by atoms with van der Waals surface area (Å²) < 4.78 is 1.13. The molecule has 0 unspecified atom stereocenters. The Morgan fingerprint density at radius 1 is 1.13 bits per heavy atom. The standard InChI is InChI=1S/C13H10BrCl/c14-13-11(5-3-9-15)8-7-10-4-1-2-6-12(10)13/h1-8H,9H2/b5-3+. The van der Waals surface area contributed by atoms with E-state index in [9.17, 15) is 0 Å². The molecule has 2 heteroatoms. The molecule has 2 rings (SSSR count). The minimum Gasteiger partial charge on any atom is -0.122 e. The molecule has 0 radical (unpaired) electrons. The molecule has 0 atom stereocenters. The van der Waals surface area contributed by atoms with E-state index in [0.29, 0.717) is 5.88 Å². The van der Waals surface area contributed by atoms with Gasteiger partial charge in [0.05, 0.1) is 0 Å². The summed E-state index contributed by atoms with van der Waals surface area (Å²) in [6.45, 7) is 0. The van der Waals surface area contributed by atoms with Crippen molar-refractivity contribution in [2.45, 2.75) is 0 Å². The maximum absolute atomic E-state index is 5.62. The van der Waals surface area contributed by atoms with Crippen LogP contribution in [0.1, 0.15) is 5.56 Å². The highest BCUT2D eigenvalue weighted by molar-refractivity contribution is 9.10. The van der Waals surface area contributed by atoms with E-state index < -0.39 is 0 Å². The first-order chi connectivity index (χ1) is 7.33. The minimum atomic E-state index is 0.541. The third-order valence-corrected chi connectivity index (χ3v) is 3.34. The van der Waals surface area contributed by atoms with E-state index in [4.69, 9.17) is 11.6 Å². The summed E-state index contributed by atoms with van der Waals surface area (Å²) in [5, 5.41) is 2.47. The summed E-state index contributed by atoms with van der Waals surface area (Å²) in [6.07, 6.45) is 3.97. The first-order valence-electron chi connectivity index (χ1n) is 4.72. The van der Waals surface area contributed by atoms with Crippen LogP contribution in [-0.2, 0) is 0 Å². The molecule has 0 amide bonds. The zero-order valence-electron chi connectivity index (χ0n) is 8.08. The molecule has 0 aliphatic carbocycles. The van der Waals surface area contributed by atoms with E-state index in [1.807, 2.05) is 24.3 Å². The van der Waals surface area contributed by atoms with Crippen molar-refractivity contribution in [2.24, 2.45) is 0 Å². The number of benzene rings is 2. The highest BCUT2D eigenvalue weighted by Crippen LogP contribution is 2.28. The van der Waals surface area contributed by atoms with Gasteiger partial charge < -0.3 is 0 Å². The van der Waals surface area contributed by atoms with Crippen molar-refractivity contribution in [3.63, 3.8) is 0 Å². The van der Waals surface area contributed by atoms with Crippen molar-refractivity contribution < 1.29 is 0 Å². The molecule has 0 N–H and O–H groups in total. The Hall–Kier alpha value is -0.790. The molecule has 0 bridgehead atoms. The van der Waals surface area contributed by atoms with E-state index in [1.165, 1.54) is 10.8 Å². The van der Waals surface area contributed by atoms with Crippen LogP contribution in [0.25, 0.3) is 16.8 Å².